The minimum atomic E-state index is -0.956. The van der Waals surface area contributed by atoms with Crippen LogP contribution in [-0.2, 0) is 32.0 Å². The standard InChI is InChI=1S/C25H32N2O5/c1-15-8-10-17(11-9-15)21-18-14-27(24(29)31-7)13-12-19(18)26-16(2)20(21)22(23(28)30-6)32-25(3,4)5/h8-11,22H,12-14H2,1-7H3. The molecule has 7 heteroatoms. The maximum absolute atomic E-state index is 12.9. The van der Waals surface area contributed by atoms with E-state index in [1.54, 1.807) is 4.90 Å². The molecule has 0 bridgehead atoms. The Hall–Kier alpha value is -2.93. The van der Waals surface area contributed by atoms with E-state index in [1.165, 1.54) is 14.2 Å². The average molecular weight is 441 g/mol. The third-order valence-electron chi connectivity index (χ3n) is 5.50. The molecule has 1 aromatic carbocycles. The van der Waals surface area contributed by atoms with E-state index in [2.05, 4.69) is 0 Å². The Labute approximate surface area is 189 Å². The fourth-order valence-electron chi connectivity index (χ4n) is 4.05. The number of methoxy groups -OCH3 is 2. The predicted molar refractivity (Wildman–Crippen MR) is 121 cm³/mol. The van der Waals surface area contributed by atoms with Gasteiger partial charge in [0.1, 0.15) is 0 Å². The van der Waals surface area contributed by atoms with Crippen LogP contribution in [0.5, 0.6) is 0 Å². The number of fused-ring (bicyclic) bond motifs is 1. The highest BCUT2D eigenvalue weighted by atomic mass is 16.6. The fraction of sp³-hybridized carbons (Fsp3) is 0.480. The molecule has 0 saturated carbocycles. The number of esters is 1. The number of hydrogen-bond donors (Lipinski definition) is 0. The molecule has 0 N–H and O–H groups in total. The lowest BCUT2D eigenvalue weighted by atomic mass is 9.87. The number of ether oxygens (including phenoxy) is 3. The Morgan fingerprint density at radius 1 is 1.06 bits per heavy atom. The highest BCUT2D eigenvalue weighted by Crippen LogP contribution is 2.40. The van der Waals surface area contributed by atoms with E-state index < -0.39 is 17.7 Å². The number of nitrogens with zero attached hydrogens (tertiary/aromatic N) is 2. The maximum Gasteiger partial charge on any atom is 0.409 e. The summed E-state index contributed by atoms with van der Waals surface area (Å²) < 4.78 is 16.3. The molecule has 2 heterocycles. The van der Waals surface area contributed by atoms with Crippen molar-refractivity contribution in [2.45, 2.75) is 59.3 Å². The summed E-state index contributed by atoms with van der Waals surface area (Å²) in [5.74, 6) is -0.487. The summed E-state index contributed by atoms with van der Waals surface area (Å²) in [5, 5.41) is 0. The maximum atomic E-state index is 12.9. The lowest BCUT2D eigenvalue weighted by Gasteiger charge is -2.33. The molecule has 1 amide bonds. The molecular weight excluding hydrogens is 408 g/mol. The number of aryl methyl sites for hydroxylation is 2. The Morgan fingerprint density at radius 2 is 1.72 bits per heavy atom. The van der Waals surface area contributed by atoms with E-state index in [1.807, 2.05) is 58.9 Å². The molecule has 1 aliphatic rings. The molecule has 0 aliphatic carbocycles. The van der Waals surface area contributed by atoms with Gasteiger partial charge in [-0.3, -0.25) is 4.98 Å². The molecule has 1 aliphatic heterocycles. The van der Waals surface area contributed by atoms with Gasteiger partial charge in [-0.2, -0.15) is 0 Å². The van der Waals surface area contributed by atoms with Gasteiger partial charge in [-0.05, 0) is 45.7 Å². The van der Waals surface area contributed by atoms with Crippen LogP contribution < -0.4 is 0 Å². The zero-order valence-electron chi connectivity index (χ0n) is 19.9. The van der Waals surface area contributed by atoms with Crippen LogP contribution in [0.3, 0.4) is 0 Å². The Bertz CT molecular complexity index is 1010. The first-order valence-corrected chi connectivity index (χ1v) is 10.7. The molecular formula is C25H32N2O5. The van der Waals surface area contributed by atoms with Crippen LogP contribution in [0.25, 0.3) is 11.1 Å². The van der Waals surface area contributed by atoms with E-state index in [0.717, 1.165) is 27.9 Å². The largest absolute Gasteiger partial charge is 0.467 e. The van der Waals surface area contributed by atoms with Crippen LogP contribution in [0.15, 0.2) is 24.3 Å². The van der Waals surface area contributed by atoms with Crippen LogP contribution in [0.4, 0.5) is 4.79 Å². The van der Waals surface area contributed by atoms with Gasteiger partial charge in [-0.25, -0.2) is 9.59 Å². The molecule has 1 atom stereocenters. The molecule has 0 radical (unpaired) electrons. The van der Waals surface area contributed by atoms with Crippen LogP contribution in [0.2, 0.25) is 0 Å². The van der Waals surface area contributed by atoms with Gasteiger partial charge in [0.2, 0.25) is 0 Å². The third kappa shape index (κ3) is 4.93. The van der Waals surface area contributed by atoms with Gasteiger partial charge in [0.05, 0.1) is 26.4 Å². The van der Waals surface area contributed by atoms with Crippen LogP contribution >= 0.6 is 0 Å². The number of hydrogen-bond acceptors (Lipinski definition) is 6. The molecule has 3 rings (SSSR count). The van der Waals surface area contributed by atoms with E-state index in [4.69, 9.17) is 19.2 Å². The zero-order chi connectivity index (χ0) is 23.6. The first-order valence-electron chi connectivity index (χ1n) is 10.7. The number of pyridine rings is 1. The number of benzene rings is 1. The molecule has 2 aromatic rings. The summed E-state index contributed by atoms with van der Waals surface area (Å²) in [6, 6.07) is 8.10. The Balaban J connectivity index is 2.30. The molecule has 172 valence electrons. The number of carbonyl (C=O) groups excluding carboxylic acids is 2. The lowest BCUT2D eigenvalue weighted by molar-refractivity contribution is -0.164. The molecule has 0 fully saturated rings. The number of carbonyl (C=O) groups is 2. The van der Waals surface area contributed by atoms with E-state index in [-0.39, 0.29) is 6.09 Å². The zero-order valence-corrected chi connectivity index (χ0v) is 19.9. The Morgan fingerprint density at radius 3 is 2.28 bits per heavy atom. The summed E-state index contributed by atoms with van der Waals surface area (Å²) in [7, 11) is 2.73. The van der Waals surface area contributed by atoms with Crippen molar-refractivity contribution in [3.05, 3.63) is 52.3 Å². The van der Waals surface area contributed by atoms with E-state index in [9.17, 15) is 9.59 Å². The predicted octanol–water partition coefficient (Wildman–Crippen LogP) is 4.52. The minimum Gasteiger partial charge on any atom is -0.467 e. The second kappa shape index (κ2) is 9.28. The van der Waals surface area contributed by atoms with Crippen molar-refractivity contribution in [3.8, 4) is 11.1 Å². The van der Waals surface area contributed by atoms with Crippen LogP contribution in [-0.4, -0.2) is 48.3 Å². The van der Waals surface area contributed by atoms with Gasteiger partial charge in [0.15, 0.2) is 6.10 Å². The van der Waals surface area contributed by atoms with Gasteiger partial charge in [0, 0.05) is 35.5 Å². The fourth-order valence-corrected chi connectivity index (χ4v) is 4.05. The van der Waals surface area contributed by atoms with Gasteiger partial charge in [0.25, 0.3) is 0 Å². The van der Waals surface area contributed by atoms with Gasteiger partial charge in [-0.15, -0.1) is 0 Å². The van der Waals surface area contributed by atoms with Gasteiger partial charge >= 0.3 is 12.1 Å². The van der Waals surface area contributed by atoms with Crippen molar-refractivity contribution < 1.29 is 23.8 Å². The highest BCUT2D eigenvalue weighted by molar-refractivity contribution is 5.84. The van der Waals surface area contributed by atoms with Gasteiger partial charge in [-0.1, -0.05) is 29.8 Å². The van der Waals surface area contributed by atoms with Gasteiger partial charge < -0.3 is 19.1 Å². The topological polar surface area (TPSA) is 78.0 Å². The van der Waals surface area contributed by atoms with Crippen LogP contribution in [0.1, 0.15) is 55.0 Å². The second-order valence-electron chi connectivity index (χ2n) is 9.05. The van der Waals surface area contributed by atoms with Crippen molar-refractivity contribution in [3.63, 3.8) is 0 Å². The second-order valence-corrected chi connectivity index (χ2v) is 9.05. The number of amides is 1. The quantitative estimate of drug-likeness (QED) is 0.651. The van der Waals surface area contributed by atoms with E-state index >= 15 is 0 Å². The first-order chi connectivity index (χ1) is 15.1. The Kier molecular flexibility index (Phi) is 6.88. The molecule has 0 saturated heterocycles. The molecule has 32 heavy (non-hydrogen) atoms. The van der Waals surface area contributed by atoms with Crippen LogP contribution in [0, 0.1) is 13.8 Å². The van der Waals surface area contributed by atoms with Crippen molar-refractivity contribution in [2.75, 3.05) is 20.8 Å². The summed E-state index contributed by atoms with van der Waals surface area (Å²) in [6.45, 7) is 10.5. The smallest absolute Gasteiger partial charge is 0.409 e. The number of aromatic nitrogens is 1. The normalized spacial score (nSPS) is 14.5. The highest BCUT2D eigenvalue weighted by Gasteiger charge is 2.35. The SMILES string of the molecule is COC(=O)C(OC(C)(C)C)c1c(C)nc2c(c1-c1ccc(C)cc1)CN(C(=O)OC)CC2. The van der Waals surface area contributed by atoms with Crippen molar-refractivity contribution in [1.29, 1.82) is 0 Å². The lowest BCUT2D eigenvalue weighted by Crippen LogP contribution is -2.37. The number of rotatable bonds is 4. The first kappa shape index (κ1) is 23.7. The van der Waals surface area contributed by atoms with E-state index in [0.29, 0.717) is 30.8 Å². The average Bonchev–Trinajstić information content (AvgIpc) is 2.75. The summed E-state index contributed by atoms with van der Waals surface area (Å²) in [4.78, 5) is 31.7. The van der Waals surface area contributed by atoms with Crippen molar-refractivity contribution in [2.24, 2.45) is 0 Å². The third-order valence-corrected chi connectivity index (χ3v) is 5.50. The molecule has 1 aromatic heterocycles. The molecule has 0 spiro atoms. The summed E-state index contributed by atoms with van der Waals surface area (Å²) in [5.41, 5.74) is 5.53. The minimum absolute atomic E-state index is 0.342. The van der Waals surface area contributed by atoms with Crippen molar-refractivity contribution >= 4 is 12.1 Å². The molecule has 1 unspecified atom stereocenters. The monoisotopic (exact) mass is 440 g/mol. The molecule has 7 nitrogen and oxygen atoms in total. The summed E-state index contributed by atoms with van der Waals surface area (Å²) in [6.07, 6.45) is -0.737. The summed E-state index contributed by atoms with van der Waals surface area (Å²) >= 11 is 0. The van der Waals surface area contributed by atoms with Crippen molar-refractivity contribution in [1.82, 2.24) is 9.88 Å².